The first-order valence-electron chi connectivity index (χ1n) is 13.8. The third kappa shape index (κ3) is 6.28. The number of hydrogen-bond acceptors (Lipinski definition) is 8. The quantitative estimate of drug-likeness (QED) is 0.381. The molecule has 41 heavy (non-hydrogen) atoms. The third-order valence-corrected chi connectivity index (χ3v) is 8.67. The summed E-state index contributed by atoms with van der Waals surface area (Å²) >= 11 is 1.37. The first-order chi connectivity index (χ1) is 19.4. The normalized spacial score (nSPS) is 19.5. The molecule has 4 heterocycles. The van der Waals surface area contributed by atoms with Gasteiger partial charge in [-0.1, -0.05) is 11.6 Å². The first-order valence-corrected chi connectivity index (χ1v) is 14.6. The zero-order chi connectivity index (χ0) is 29.5. The average Bonchev–Trinajstić information content (AvgIpc) is 3.52. The number of carbonyl (C=O) groups is 4. The van der Waals surface area contributed by atoms with Crippen molar-refractivity contribution in [2.75, 3.05) is 26.7 Å². The highest BCUT2D eigenvalue weighted by molar-refractivity contribution is 7.13. The van der Waals surface area contributed by atoms with Crippen molar-refractivity contribution in [2.45, 2.75) is 64.8 Å². The molecule has 11 nitrogen and oxygen atoms in total. The van der Waals surface area contributed by atoms with Gasteiger partial charge in [-0.3, -0.25) is 19.2 Å². The number of rotatable bonds is 6. The van der Waals surface area contributed by atoms with Crippen LogP contribution in [0.5, 0.6) is 0 Å². The molecule has 0 spiro atoms. The Kier molecular flexibility index (Phi) is 7.89. The summed E-state index contributed by atoms with van der Waals surface area (Å²) in [5.74, 6) is -1.56. The van der Waals surface area contributed by atoms with E-state index in [9.17, 15) is 19.2 Å². The summed E-state index contributed by atoms with van der Waals surface area (Å²) in [6.07, 6.45) is 1.19. The van der Waals surface area contributed by atoms with Crippen LogP contribution >= 0.6 is 11.3 Å². The van der Waals surface area contributed by atoms with Crippen LogP contribution in [0, 0.1) is 6.92 Å². The molecule has 0 unspecified atom stereocenters. The first kappa shape index (κ1) is 28.7. The molecule has 2 atom stereocenters. The van der Waals surface area contributed by atoms with Crippen LogP contribution in [0.3, 0.4) is 0 Å². The smallest absolute Gasteiger partial charge is 0.303 e. The van der Waals surface area contributed by atoms with Gasteiger partial charge in [0.25, 0.3) is 17.7 Å². The van der Waals surface area contributed by atoms with Crippen LogP contribution in [-0.2, 0) is 27.3 Å². The van der Waals surface area contributed by atoms with E-state index in [4.69, 9.17) is 4.74 Å². The second-order valence-corrected chi connectivity index (χ2v) is 12.5. The van der Waals surface area contributed by atoms with E-state index in [1.165, 1.54) is 18.3 Å². The molecule has 2 aliphatic rings. The van der Waals surface area contributed by atoms with Crippen molar-refractivity contribution in [2.24, 2.45) is 0 Å². The lowest BCUT2D eigenvalue weighted by Crippen LogP contribution is -2.63. The molecule has 0 aliphatic carbocycles. The Morgan fingerprint density at radius 3 is 2.61 bits per heavy atom. The maximum atomic E-state index is 13.4. The minimum Gasteiger partial charge on any atom is -0.450 e. The number of ether oxygens (including phenoxy) is 1. The fraction of sp³-hybridized carbons (Fsp3) is 0.483. The summed E-state index contributed by atoms with van der Waals surface area (Å²) in [6.45, 7) is 8.45. The van der Waals surface area contributed by atoms with E-state index >= 15 is 0 Å². The zero-order valence-corrected chi connectivity index (χ0v) is 24.8. The van der Waals surface area contributed by atoms with E-state index in [0.29, 0.717) is 23.7 Å². The van der Waals surface area contributed by atoms with Crippen LogP contribution in [0.1, 0.15) is 63.6 Å². The van der Waals surface area contributed by atoms with E-state index in [1.54, 1.807) is 18.7 Å². The highest BCUT2D eigenvalue weighted by Crippen LogP contribution is 2.26. The number of carbonyl (C=O) groups excluding carboxylic acids is 4. The van der Waals surface area contributed by atoms with Gasteiger partial charge in [0, 0.05) is 55.3 Å². The highest BCUT2D eigenvalue weighted by Gasteiger charge is 2.41. The summed E-state index contributed by atoms with van der Waals surface area (Å²) in [5, 5.41) is 7.42. The van der Waals surface area contributed by atoms with Crippen LogP contribution in [-0.4, -0.2) is 87.8 Å². The van der Waals surface area contributed by atoms with E-state index in [-0.39, 0.29) is 24.3 Å². The van der Waals surface area contributed by atoms with E-state index < -0.39 is 23.7 Å². The number of nitrogens with one attached hydrogen (secondary N) is 3. The van der Waals surface area contributed by atoms with Crippen molar-refractivity contribution >= 4 is 45.9 Å². The van der Waals surface area contributed by atoms with Crippen molar-refractivity contribution in [3.8, 4) is 0 Å². The van der Waals surface area contributed by atoms with Crippen molar-refractivity contribution < 1.29 is 23.9 Å². The van der Waals surface area contributed by atoms with Crippen molar-refractivity contribution in [1.29, 1.82) is 0 Å². The maximum Gasteiger partial charge on any atom is 0.303 e. The Balaban J connectivity index is 1.36. The summed E-state index contributed by atoms with van der Waals surface area (Å²) in [6, 6.07) is 6.69. The summed E-state index contributed by atoms with van der Waals surface area (Å²) < 4.78 is 5.28. The van der Waals surface area contributed by atoms with E-state index in [2.05, 4.69) is 25.5 Å². The van der Waals surface area contributed by atoms with Gasteiger partial charge in [-0.15, -0.1) is 11.3 Å². The van der Waals surface area contributed by atoms with Crippen molar-refractivity contribution in [3.05, 3.63) is 51.1 Å². The number of fused-ring (bicyclic) bond motifs is 2. The number of thiazole rings is 1. The fourth-order valence-electron chi connectivity index (χ4n) is 5.51. The summed E-state index contributed by atoms with van der Waals surface area (Å²) in [4.78, 5) is 64.3. The predicted octanol–water partition coefficient (Wildman–Crippen LogP) is 2.39. The monoisotopic (exact) mass is 580 g/mol. The number of nitrogens with zero attached hydrogens (tertiary/aromatic N) is 3. The van der Waals surface area contributed by atoms with Gasteiger partial charge in [-0.25, -0.2) is 4.98 Å². The molecule has 0 saturated carbocycles. The molecular formula is C29H36N6O5S. The van der Waals surface area contributed by atoms with Crippen LogP contribution in [0.2, 0.25) is 0 Å². The number of piperidine rings is 1. The SMILES string of the molecule is CC(=O)OC(C)(C)C(=O)N1CC[C@H](NC(=O)c2cc3cc(C)ccc3[nH]2)[C@H](NC(=O)c2nc3c(s2)CN(C)CC3)C1. The second-order valence-electron chi connectivity index (χ2n) is 11.5. The van der Waals surface area contributed by atoms with Crippen LogP contribution < -0.4 is 10.6 Å². The zero-order valence-electron chi connectivity index (χ0n) is 24.0. The molecule has 1 saturated heterocycles. The van der Waals surface area contributed by atoms with Gasteiger partial charge in [0.05, 0.1) is 17.8 Å². The molecule has 2 aliphatic heterocycles. The number of hydrogen-bond donors (Lipinski definition) is 3. The number of H-pyrrole nitrogens is 1. The topological polar surface area (TPSA) is 137 Å². The number of aromatic amines is 1. The highest BCUT2D eigenvalue weighted by atomic mass is 32.1. The molecule has 1 fully saturated rings. The maximum absolute atomic E-state index is 13.4. The van der Waals surface area contributed by atoms with Gasteiger partial charge < -0.3 is 30.2 Å². The fourth-order valence-corrected chi connectivity index (χ4v) is 6.60. The van der Waals surface area contributed by atoms with Crippen molar-refractivity contribution in [3.63, 3.8) is 0 Å². The standard InChI is InChI=1S/C29H36N6O5S/c1-16-6-7-19-18(12-16)13-22(30-19)25(37)31-20-9-11-35(28(39)29(3,4)40-17(2)36)14-23(20)32-26(38)27-33-21-8-10-34(5)15-24(21)41-27/h6-7,12-13,20,23,30H,8-11,14-15H2,1-5H3,(H,31,37)(H,32,38)/t20-,23+/m0/s1. The Bertz CT molecular complexity index is 1510. The number of likely N-dealkylation sites (tertiary alicyclic amines) is 1. The minimum absolute atomic E-state index is 0.139. The van der Waals surface area contributed by atoms with Gasteiger partial charge in [0.2, 0.25) is 0 Å². The Morgan fingerprint density at radius 2 is 1.85 bits per heavy atom. The number of amides is 3. The third-order valence-electron chi connectivity index (χ3n) is 7.58. The largest absolute Gasteiger partial charge is 0.450 e. The Morgan fingerprint density at radius 1 is 1.10 bits per heavy atom. The number of aryl methyl sites for hydroxylation is 1. The lowest BCUT2D eigenvalue weighted by molar-refractivity contribution is -0.169. The molecule has 2 aromatic heterocycles. The molecular weight excluding hydrogens is 544 g/mol. The summed E-state index contributed by atoms with van der Waals surface area (Å²) in [7, 11) is 2.04. The molecule has 1 aromatic carbocycles. The van der Waals surface area contributed by atoms with Gasteiger partial charge in [-0.2, -0.15) is 0 Å². The van der Waals surface area contributed by atoms with E-state index in [0.717, 1.165) is 46.5 Å². The number of benzene rings is 1. The van der Waals surface area contributed by atoms with Gasteiger partial charge >= 0.3 is 5.97 Å². The molecule has 218 valence electrons. The Labute approximate surface area is 242 Å². The van der Waals surface area contributed by atoms with Gasteiger partial charge in [0.1, 0.15) is 5.69 Å². The summed E-state index contributed by atoms with van der Waals surface area (Å²) in [5.41, 5.74) is 1.95. The van der Waals surface area contributed by atoms with Crippen LogP contribution in [0.25, 0.3) is 10.9 Å². The van der Waals surface area contributed by atoms with E-state index in [1.807, 2.05) is 38.2 Å². The van der Waals surface area contributed by atoms with Crippen LogP contribution in [0.4, 0.5) is 0 Å². The molecule has 12 heteroatoms. The molecule has 3 N–H and O–H groups in total. The number of likely N-dealkylation sites (N-methyl/N-ethyl adjacent to an activating group) is 1. The average molecular weight is 581 g/mol. The minimum atomic E-state index is -1.36. The molecule has 3 amide bonds. The van der Waals surface area contributed by atoms with Gasteiger partial charge in [-0.05, 0) is 52.4 Å². The Hall–Kier alpha value is -3.77. The number of esters is 1. The number of aromatic nitrogens is 2. The second kappa shape index (κ2) is 11.2. The van der Waals surface area contributed by atoms with Crippen molar-refractivity contribution in [1.82, 2.24) is 30.4 Å². The molecule has 0 bridgehead atoms. The predicted molar refractivity (Wildman–Crippen MR) is 155 cm³/mol. The van der Waals surface area contributed by atoms with Crippen LogP contribution in [0.15, 0.2) is 24.3 Å². The lowest BCUT2D eigenvalue weighted by Gasteiger charge is -2.41. The molecule has 3 aromatic rings. The lowest BCUT2D eigenvalue weighted by atomic mass is 9.96. The molecule has 5 rings (SSSR count). The van der Waals surface area contributed by atoms with Gasteiger partial charge in [0.15, 0.2) is 10.6 Å². The molecule has 0 radical (unpaired) electrons.